The van der Waals surface area contributed by atoms with E-state index in [1.807, 2.05) is 0 Å². The first kappa shape index (κ1) is 22.2. The lowest BCUT2D eigenvalue weighted by Gasteiger charge is -2.22. The molecule has 0 bridgehead atoms. The molecule has 28 heavy (non-hydrogen) atoms. The van der Waals surface area contributed by atoms with Crippen molar-refractivity contribution in [2.75, 3.05) is 18.4 Å². The standard InChI is InChI=1S/C20H27ClN4O2S/c1-3-5-10-22-19(26)17-14-28-18(24-17)13-25(11-6-4-2)20(27)23-16-9-7-8-15(21)12-16/h7-9,12,14H,3-6,10-11,13H2,1-2H3,(H,22,26)(H,23,27). The van der Waals surface area contributed by atoms with Gasteiger partial charge < -0.3 is 15.5 Å². The van der Waals surface area contributed by atoms with E-state index in [1.54, 1.807) is 34.5 Å². The van der Waals surface area contributed by atoms with Gasteiger partial charge >= 0.3 is 6.03 Å². The average Bonchev–Trinajstić information content (AvgIpc) is 3.14. The number of anilines is 1. The van der Waals surface area contributed by atoms with Crippen molar-refractivity contribution in [2.45, 2.75) is 46.1 Å². The summed E-state index contributed by atoms with van der Waals surface area (Å²) in [5, 5.41) is 8.78. The van der Waals surface area contributed by atoms with Crippen molar-refractivity contribution in [3.63, 3.8) is 0 Å². The SMILES string of the molecule is CCCCNC(=O)c1csc(CN(CCCC)C(=O)Nc2cccc(Cl)c2)n1. The molecule has 0 aliphatic carbocycles. The second-order valence-electron chi connectivity index (χ2n) is 6.45. The molecule has 0 radical (unpaired) electrons. The first-order chi connectivity index (χ1) is 13.5. The lowest BCUT2D eigenvalue weighted by atomic mass is 10.3. The first-order valence-corrected chi connectivity index (χ1v) is 10.8. The number of unbranched alkanes of at least 4 members (excludes halogenated alkanes) is 2. The summed E-state index contributed by atoms with van der Waals surface area (Å²) in [6.45, 7) is 5.77. The number of carbonyl (C=O) groups excluding carboxylic acids is 2. The fraction of sp³-hybridized carbons (Fsp3) is 0.450. The highest BCUT2D eigenvalue weighted by Gasteiger charge is 2.17. The number of urea groups is 1. The zero-order valence-electron chi connectivity index (χ0n) is 16.3. The molecule has 0 saturated heterocycles. The molecule has 2 rings (SSSR count). The van der Waals surface area contributed by atoms with Crippen LogP contribution in [0.15, 0.2) is 29.6 Å². The monoisotopic (exact) mass is 422 g/mol. The Balaban J connectivity index is 2.01. The van der Waals surface area contributed by atoms with Crippen LogP contribution in [0.1, 0.15) is 55.0 Å². The predicted molar refractivity (Wildman–Crippen MR) is 115 cm³/mol. The number of amides is 3. The molecule has 0 aliphatic rings. The van der Waals surface area contributed by atoms with Crippen molar-refractivity contribution in [1.29, 1.82) is 0 Å². The van der Waals surface area contributed by atoms with E-state index in [0.717, 1.165) is 30.7 Å². The molecule has 0 aliphatic heterocycles. The smallest absolute Gasteiger partial charge is 0.322 e. The minimum Gasteiger partial charge on any atom is -0.351 e. The van der Waals surface area contributed by atoms with Crippen molar-refractivity contribution >= 4 is 40.6 Å². The van der Waals surface area contributed by atoms with Crippen LogP contribution in [0.25, 0.3) is 0 Å². The van der Waals surface area contributed by atoms with Crippen LogP contribution >= 0.6 is 22.9 Å². The Bertz CT molecular complexity index is 781. The number of carbonyl (C=O) groups is 2. The van der Waals surface area contributed by atoms with E-state index >= 15 is 0 Å². The molecule has 0 saturated carbocycles. The van der Waals surface area contributed by atoms with Crippen molar-refractivity contribution in [2.24, 2.45) is 0 Å². The molecule has 8 heteroatoms. The number of aromatic nitrogens is 1. The van der Waals surface area contributed by atoms with E-state index in [9.17, 15) is 9.59 Å². The van der Waals surface area contributed by atoms with Gasteiger partial charge in [-0.1, -0.05) is 44.4 Å². The van der Waals surface area contributed by atoms with Gasteiger partial charge in [0.2, 0.25) is 0 Å². The van der Waals surface area contributed by atoms with Gasteiger partial charge in [-0.2, -0.15) is 0 Å². The number of hydrogen-bond acceptors (Lipinski definition) is 4. The van der Waals surface area contributed by atoms with Crippen LogP contribution in [0.4, 0.5) is 10.5 Å². The summed E-state index contributed by atoms with van der Waals surface area (Å²) in [6.07, 6.45) is 3.83. The van der Waals surface area contributed by atoms with Gasteiger partial charge in [0.05, 0.1) is 6.54 Å². The van der Waals surface area contributed by atoms with Crippen LogP contribution in [0.2, 0.25) is 5.02 Å². The molecule has 1 aromatic heterocycles. The molecule has 1 heterocycles. The third-order valence-electron chi connectivity index (χ3n) is 4.07. The molecule has 1 aromatic carbocycles. The van der Waals surface area contributed by atoms with E-state index < -0.39 is 0 Å². The Kier molecular flexibility index (Phi) is 9.23. The highest BCUT2D eigenvalue weighted by molar-refractivity contribution is 7.09. The van der Waals surface area contributed by atoms with Crippen LogP contribution in [0, 0.1) is 0 Å². The van der Waals surface area contributed by atoms with Crippen LogP contribution in [-0.4, -0.2) is 34.9 Å². The Hall–Kier alpha value is -2.12. The molecule has 0 fully saturated rings. The lowest BCUT2D eigenvalue weighted by molar-refractivity contribution is 0.0948. The summed E-state index contributed by atoms with van der Waals surface area (Å²) in [4.78, 5) is 31.0. The number of hydrogen-bond donors (Lipinski definition) is 2. The number of nitrogens with one attached hydrogen (secondary N) is 2. The average molecular weight is 423 g/mol. The second-order valence-corrected chi connectivity index (χ2v) is 7.83. The summed E-state index contributed by atoms with van der Waals surface area (Å²) >= 11 is 7.38. The van der Waals surface area contributed by atoms with Gasteiger partial charge in [-0.05, 0) is 31.0 Å². The van der Waals surface area contributed by atoms with Gasteiger partial charge in [0, 0.05) is 29.2 Å². The van der Waals surface area contributed by atoms with E-state index in [-0.39, 0.29) is 11.9 Å². The normalized spacial score (nSPS) is 10.5. The molecule has 0 atom stereocenters. The summed E-state index contributed by atoms with van der Waals surface area (Å²) in [5.41, 5.74) is 1.05. The Labute approximate surface area is 175 Å². The number of thiazole rings is 1. The second kappa shape index (κ2) is 11.7. The topological polar surface area (TPSA) is 74.3 Å². The van der Waals surface area contributed by atoms with E-state index in [4.69, 9.17) is 11.6 Å². The summed E-state index contributed by atoms with van der Waals surface area (Å²) in [7, 11) is 0. The zero-order valence-corrected chi connectivity index (χ0v) is 17.9. The Morgan fingerprint density at radius 3 is 2.71 bits per heavy atom. The van der Waals surface area contributed by atoms with Gasteiger partial charge in [0.25, 0.3) is 5.91 Å². The highest BCUT2D eigenvalue weighted by atomic mass is 35.5. The molecule has 2 N–H and O–H groups in total. The van der Waals surface area contributed by atoms with Crippen molar-refractivity contribution in [3.05, 3.63) is 45.4 Å². The highest BCUT2D eigenvalue weighted by Crippen LogP contribution is 2.17. The van der Waals surface area contributed by atoms with Crippen molar-refractivity contribution < 1.29 is 9.59 Å². The fourth-order valence-electron chi connectivity index (χ4n) is 2.49. The molecule has 6 nitrogen and oxygen atoms in total. The molecule has 3 amide bonds. The maximum Gasteiger partial charge on any atom is 0.322 e. The van der Waals surface area contributed by atoms with Crippen LogP contribution < -0.4 is 10.6 Å². The van der Waals surface area contributed by atoms with E-state index in [1.165, 1.54) is 11.3 Å². The zero-order chi connectivity index (χ0) is 20.4. The summed E-state index contributed by atoms with van der Waals surface area (Å²) < 4.78 is 0. The quantitative estimate of drug-likeness (QED) is 0.519. The first-order valence-electron chi connectivity index (χ1n) is 9.57. The fourth-order valence-corrected chi connectivity index (χ4v) is 3.47. The minimum absolute atomic E-state index is 0.167. The molecule has 152 valence electrons. The third-order valence-corrected chi connectivity index (χ3v) is 5.14. The molecule has 2 aromatic rings. The van der Waals surface area contributed by atoms with Crippen molar-refractivity contribution in [3.8, 4) is 0 Å². The van der Waals surface area contributed by atoms with Crippen LogP contribution in [0.5, 0.6) is 0 Å². The molecule has 0 spiro atoms. The summed E-state index contributed by atoms with van der Waals surface area (Å²) in [6, 6.07) is 6.84. The predicted octanol–water partition coefficient (Wildman–Crippen LogP) is 5.16. The van der Waals surface area contributed by atoms with E-state index in [2.05, 4.69) is 29.5 Å². The lowest BCUT2D eigenvalue weighted by Crippen LogP contribution is -2.35. The maximum atomic E-state index is 12.7. The van der Waals surface area contributed by atoms with Crippen LogP contribution in [-0.2, 0) is 6.54 Å². The molecular formula is C20H27ClN4O2S. The van der Waals surface area contributed by atoms with Gasteiger partial charge in [-0.25, -0.2) is 9.78 Å². The summed E-state index contributed by atoms with van der Waals surface area (Å²) in [5.74, 6) is -0.167. The number of benzene rings is 1. The Morgan fingerprint density at radius 1 is 1.21 bits per heavy atom. The third kappa shape index (κ3) is 7.13. The van der Waals surface area contributed by atoms with Gasteiger partial charge in [0.15, 0.2) is 0 Å². The number of halogens is 1. The largest absolute Gasteiger partial charge is 0.351 e. The number of rotatable bonds is 10. The minimum atomic E-state index is -0.208. The number of nitrogens with zero attached hydrogens (tertiary/aromatic N) is 2. The van der Waals surface area contributed by atoms with Gasteiger partial charge in [-0.15, -0.1) is 11.3 Å². The van der Waals surface area contributed by atoms with Gasteiger partial charge in [-0.3, -0.25) is 4.79 Å². The maximum absolute atomic E-state index is 12.7. The van der Waals surface area contributed by atoms with Crippen LogP contribution in [0.3, 0.4) is 0 Å². The molecule has 0 unspecified atom stereocenters. The van der Waals surface area contributed by atoms with Gasteiger partial charge in [0.1, 0.15) is 10.7 Å². The van der Waals surface area contributed by atoms with E-state index in [0.29, 0.717) is 36.0 Å². The van der Waals surface area contributed by atoms with Crippen molar-refractivity contribution in [1.82, 2.24) is 15.2 Å². The Morgan fingerprint density at radius 2 is 2.00 bits per heavy atom. The molecular weight excluding hydrogens is 396 g/mol.